The largest absolute Gasteiger partial charge is 0.464 e. The first kappa shape index (κ1) is 14.5. The van der Waals surface area contributed by atoms with Crippen molar-refractivity contribution < 1.29 is 4.74 Å². The Morgan fingerprint density at radius 2 is 2.20 bits per heavy atom. The van der Waals surface area contributed by atoms with Gasteiger partial charge in [-0.25, -0.2) is 0 Å². The molecule has 2 rings (SSSR count). The fourth-order valence-electron chi connectivity index (χ4n) is 1.42. The lowest BCUT2D eigenvalue weighted by atomic mass is 10.2. The maximum Gasteiger partial charge on any atom is 0.322 e. The zero-order valence-corrected chi connectivity index (χ0v) is 12.7. The van der Waals surface area contributed by atoms with Crippen molar-refractivity contribution in [1.82, 2.24) is 15.0 Å². The van der Waals surface area contributed by atoms with Gasteiger partial charge >= 0.3 is 6.01 Å². The van der Waals surface area contributed by atoms with Gasteiger partial charge < -0.3 is 10.1 Å². The minimum atomic E-state index is 0.0134. The fraction of sp³-hybridized carbons (Fsp3) is 0.167. The molecule has 0 atom stereocenters. The Hall–Kier alpha value is -1.91. The molecule has 1 aromatic heterocycles. The Labute approximate surface area is 128 Å². The van der Waals surface area contributed by atoms with Crippen LogP contribution in [0.25, 0.3) is 0 Å². The van der Waals surface area contributed by atoms with E-state index in [4.69, 9.17) is 21.6 Å². The number of halogens is 2. The summed E-state index contributed by atoms with van der Waals surface area (Å²) in [5.41, 5.74) is 1.02. The van der Waals surface area contributed by atoms with Crippen molar-refractivity contribution in [2.75, 3.05) is 11.9 Å². The molecule has 0 saturated carbocycles. The van der Waals surface area contributed by atoms with Crippen LogP contribution in [0.4, 0.5) is 11.6 Å². The highest BCUT2D eigenvalue weighted by Crippen LogP contribution is 2.24. The van der Waals surface area contributed by atoms with Crippen molar-refractivity contribution in [3.63, 3.8) is 0 Å². The van der Waals surface area contributed by atoms with Gasteiger partial charge in [-0.15, -0.1) is 0 Å². The summed E-state index contributed by atoms with van der Waals surface area (Å²) < 4.78 is 6.01. The third-order valence-electron chi connectivity index (χ3n) is 2.21. The van der Waals surface area contributed by atoms with Gasteiger partial charge in [-0.2, -0.15) is 20.2 Å². The molecular formula is C12H9BrClN5O. The van der Waals surface area contributed by atoms with Crippen molar-refractivity contribution in [3.05, 3.63) is 33.5 Å². The average molecular weight is 355 g/mol. The molecule has 8 heteroatoms. The van der Waals surface area contributed by atoms with Crippen LogP contribution in [-0.2, 0) is 0 Å². The molecule has 1 N–H and O–H groups in total. The van der Waals surface area contributed by atoms with Crippen molar-refractivity contribution in [2.45, 2.75) is 6.92 Å². The average Bonchev–Trinajstić information content (AvgIpc) is 2.38. The number of hydrogen-bond acceptors (Lipinski definition) is 6. The van der Waals surface area contributed by atoms with Crippen LogP contribution in [0.5, 0.6) is 6.01 Å². The predicted molar refractivity (Wildman–Crippen MR) is 78.1 cm³/mol. The Bertz CT molecular complexity index is 673. The molecule has 0 bridgehead atoms. The molecular weight excluding hydrogens is 346 g/mol. The Morgan fingerprint density at radius 1 is 1.40 bits per heavy atom. The number of anilines is 2. The Morgan fingerprint density at radius 3 is 2.90 bits per heavy atom. The van der Waals surface area contributed by atoms with Gasteiger partial charge in [0.25, 0.3) is 0 Å². The highest BCUT2D eigenvalue weighted by atomic mass is 79.9. The van der Waals surface area contributed by atoms with Gasteiger partial charge in [0.2, 0.25) is 11.2 Å². The lowest BCUT2D eigenvalue weighted by Gasteiger charge is -2.08. The summed E-state index contributed by atoms with van der Waals surface area (Å²) >= 11 is 9.14. The zero-order chi connectivity index (χ0) is 14.5. The third-order valence-corrected chi connectivity index (χ3v) is 2.87. The van der Waals surface area contributed by atoms with Crippen LogP contribution in [0.15, 0.2) is 22.7 Å². The van der Waals surface area contributed by atoms with Crippen molar-refractivity contribution in [3.8, 4) is 12.1 Å². The molecule has 0 spiro atoms. The summed E-state index contributed by atoms with van der Waals surface area (Å²) in [6.07, 6.45) is 0. The first-order valence-electron chi connectivity index (χ1n) is 5.63. The van der Waals surface area contributed by atoms with Crippen molar-refractivity contribution in [2.24, 2.45) is 0 Å². The normalized spacial score (nSPS) is 9.90. The van der Waals surface area contributed by atoms with Crippen LogP contribution in [-0.4, -0.2) is 21.6 Å². The van der Waals surface area contributed by atoms with Crippen LogP contribution in [0.1, 0.15) is 12.5 Å². The van der Waals surface area contributed by atoms with E-state index in [1.165, 1.54) is 0 Å². The predicted octanol–water partition coefficient (Wildman–Crippen LogP) is 3.30. The summed E-state index contributed by atoms with van der Waals surface area (Å²) in [5, 5.41) is 12.0. The molecule has 0 radical (unpaired) electrons. The third kappa shape index (κ3) is 3.56. The number of hydrogen-bond donors (Lipinski definition) is 1. The quantitative estimate of drug-likeness (QED) is 0.907. The van der Waals surface area contributed by atoms with Crippen molar-refractivity contribution in [1.29, 1.82) is 5.26 Å². The second-order valence-corrected chi connectivity index (χ2v) is 4.82. The van der Waals surface area contributed by atoms with Crippen LogP contribution < -0.4 is 10.1 Å². The van der Waals surface area contributed by atoms with Crippen LogP contribution in [0.3, 0.4) is 0 Å². The first-order valence-corrected chi connectivity index (χ1v) is 6.80. The van der Waals surface area contributed by atoms with Gasteiger partial charge in [-0.05, 0) is 36.7 Å². The highest BCUT2D eigenvalue weighted by Gasteiger charge is 2.09. The minimum Gasteiger partial charge on any atom is -0.464 e. The summed E-state index contributed by atoms with van der Waals surface area (Å²) in [5.74, 6) is 0.211. The molecule has 102 valence electrons. The molecule has 0 amide bonds. The Balaban J connectivity index is 2.35. The van der Waals surface area contributed by atoms with Gasteiger partial charge in [0, 0.05) is 4.47 Å². The van der Waals surface area contributed by atoms with Crippen molar-refractivity contribution >= 4 is 39.2 Å². The summed E-state index contributed by atoms with van der Waals surface area (Å²) in [6.45, 7) is 2.23. The molecule has 0 saturated heterocycles. The van der Waals surface area contributed by atoms with E-state index in [0.717, 1.165) is 4.47 Å². The number of ether oxygens (including phenoxy) is 1. The number of nitrogens with one attached hydrogen (secondary N) is 1. The number of benzene rings is 1. The number of aromatic nitrogens is 3. The smallest absolute Gasteiger partial charge is 0.322 e. The molecule has 0 aliphatic carbocycles. The molecule has 0 aliphatic rings. The standard InChI is InChI=1S/C12H9BrClN5O/c1-2-20-12-18-10(14)17-11(19-12)16-9-5-8(13)4-3-7(9)6-15/h3-5H,2H2,1H3,(H,16,17,18,19). The van der Waals surface area contributed by atoms with E-state index in [0.29, 0.717) is 17.9 Å². The molecule has 2 aromatic rings. The fourth-order valence-corrected chi connectivity index (χ4v) is 1.93. The summed E-state index contributed by atoms with van der Waals surface area (Å²) in [7, 11) is 0. The number of nitrogens with zero attached hydrogens (tertiary/aromatic N) is 4. The lowest BCUT2D eigenvalue weighted by molar-refractivity contribution is 0.312. The van der Waals surface area contributed by atoms with Gasteiger partial charge in [-0.3, -0.25) is 0 Å². The van der Waals surface area contributed by atoms with Gasteiger partial charge in [0.1, 0.15) is 6.07 Å². The monoisotopic (exact) mass is 353 g/mol. The van der Waals surface area contributed by atoms with E-state index < -0.39 is 0 Å². The molecule has 6 nitrogen and oxygen atoms in total. The van der Waals surface area contributed by atoms with Crippen LogP contribution in [0, 0.1) is 11.3 Å². The lowest BCUT2D eigenvalue weighted by Crippen LogP contribution is -2.04. The van der Waals surface area contributed by atoms with Crippen LogP contribution in [0.2, 0.25) is 5.28 Å². The molecule has 0 aliphatic heterocycles. The van der Waals surface area contributed by atoms with E-state index in [1.54, 1.807) is 18.2 Å². The van der Waals surface area contributed by atoms with Crippen LogP contribution >= 0.6 is 27.5 Å². The van der Waals surface area contributed by atoms with Gasteiger partial charge in [0.05, 0.1) is 17.9 Å². The molecule has 0 fully saturated rings. The first-order chi connectivity index (χ1) is 9.62. The molecule has 1 heterocycles. The van der Waals surface area contributed by atoms with E-state index in [2.05, 4.69) is 42.3 Å². The second-order valence-electron chi connectivity index (χ2n) is 3.57. The summed E-state index contributed by atoms with van der Waals surface area (Å²) in [6, 6.07) is 7.41. The highest BCUT2D eigenvalue weighted by molar-refractivity contribution is 9.10. The molecule has 20 heavy (non-hydrogen) atoms. The van der Waals surface area contributed by atoms with E-state index in [-0.39, 0.29) is 17.2 Å². The molecule has 0 unspecified atom stereocenters. The number of rotatable bonds is 4. The number of nitriles is 1. The SMILES string of the molecule is CCOc1nc(Cl)nc(Nc2cc(Br)ccc2C#N)n1. The topological polar surface area (TPSA) is 83.7 Å². The van der Waals surface area contributed by atoms with E-state index in [1.807, 2.05) is 6.92 Å². The zero-order valence-electron chi connectivity index (χ0n) is 10.4. The van der Waals surface area contributed by atoms with E-state index in [9.17, 15) is 0 Å². The minimum absolute atomic E-state index is 0.0134. The maximum absolute atomic E-state index is 9.07. The Kier molecular flexibility index (Phi) is 4.71. The van der Waals surface area contributed by atoms with Gasteiger partial charge in [0.15, 0.2) is 0 Å². The molecule has 1 aromatic carbocycles. The summed E-state index contributed by atoms with van der Waals surface area (Å²) in [4.78, 5) is 11.8. The van der Waals surface area contributed by atoms with E-state index >= 15 is 0 Å². The second kappa shape index (κ2) is 6.50. The maximum atomic E-state index is 9.07. The van der Waals surface area contributed by atoms with Gasteiger partial charge in [-0.1, -0.05) is 15.9 Å².